The quantitative estimate of drug-likeness (QED) is 0.711. The number of hydrogen-bond donors (Lipinski definition) is 3. The lowest BCUT2D eigenvalue weighted by atomic mass is 10.0. The largest absolute Gasteiger partial charge is 0.396 e. The van der Waals surface area contributed by atoms with Crippen molar-refractivity contribution in [2.45, 2.75) is 44.4 Å². The molecule has 1 aromatic carbocycles. The van der Waals surface area contributed by atoms with E-state index in [0.29, 0.717) is 38.2 Å². The molecule has 8 heteroatoms. The van der Waals surface area contributed by atoms with Gasteiger partial charge in [-0.3, -0.25) is 15.1 Å². The van der Waals surface area contributed by atoms with Crippen LogP contribution in [0.3, 0.4) is 0 Å². The number of benzene rings is 1. The average Bonchev–Trinajstić information content (AvgIpc) is 3.05. The Morgan fingerprint density at radius 2 is 2.08 bits per heavy atom. The molecule has 2 saturated heterocycles. The number of aliphatic hydroxyl groups is 1. The molecule has 3 unspecified atom stereocenters. The number of rotatable bonds is 5. The van der Waals surface area contributed by atoms with E-state index >= 15 is 0 Å². The molecule has 26 heavy (non-hydrogen) atoms. The Bertz CT molecular complexity index is 646. The van der Waals surface area contributed by atoms with Crippen molar-refractivity contribution >= 4 is 5.91 Å². The molecule has 0 aromatic heterocycles. The molecule has 2 fully saturated rings. The van der Waals surface area contributed by atoms with Gasteiger partial charge in [0, 0.05) is 44.9 Å². The van der Waals surface area contributed by atoms with E-state index in [4.69, 9.17) is 0 Å². The maximum atomic E-state index is 13.5. The van der Waals surface area contributed by atoms with Gasteiger partial charge in [0.2, 0.25) is 5.91 Å². The van der Waals surface area contributed by atoms with E-state index in [9.17, 15) is 18.7 Å². The molecule has 144 valence electrons. The van der Waals surface area contributed by atoms with Crippen molar-refractivity contribution in [1.82, 2.24) is 20.7 Å². The van der Waals surface area contributed by atoms with Gasteiger partial charge in [-0.05, 0) is 37.5 Å². The summed E-state index contributed by atoms with van der Waals surface area (Å²) in [6.45, 7) is 4.23. The minimum atomic E-state index is -0.858. The molecular weight excluding hydrogens is 342 g/mol. The van der Waals surface area contributed by atoms with Crippen molar-refractivity contribution in [3.63, 3.8) is 0 Å². The monoisotopic (exact) mass is 368 g/mol. The van der Waals surface area contributed by atoms with Gasteiger partial charge >= 0.3 is 0 Å². The van der Waals surface area contributed by atoms with Crippen LogP contribution in [0, 0.1) is 11.6 Å². The van der Waals surface area contributed by atoms with Crippen LogP contribution >= 0.6 is 0 Å². The first-order valence-corrected chi connectivity index (χ1v) is 9.06. The summed E-state index contributed by atoms with van der Waals surface area (Å²) < 4.78 is 26.6. The molecule has 3 atom stereocenters. The number of halogens is 2. The summed E-state index contributed by atoms with van der Waals surface area (Å²) in [7, 11) is 0. The lowest BCUT2D eigenvalue weighted by molar-refractivity contribution is -0.136. The fraction of sp³-hybridized carbons (Fsp3) is 0.611. The SMILES string of the molecule is CC1CC(C(=O)N2CCN(Cc3ccc(F)c(F)c3)C(CCO)C2)NN1. The molecule has 1 aromatic rings. The van der Waals surface area contributed by atoms with Crippen molar-refractivity contribution < 1.29 is 18.7 Å². The maximum Gasteiger partial charge on any atom is 0.241 e. The van der Waals surface area contributed by atoms with E-state index in [1.54, 1.807) is 6.07 Å². The third-order valence-electron chi connectivity index (χ3n) is 5.14. The Kier molecular flexibility index (Phi) is 6.18. The van der Waals surface area contributed by atoms with Gasteiger partial charge in [-0.2, -0.15) is 0 Å². The van der Waals surface area contributed by atoms with Crippen LogP contribution in [0.15, 0.2) is 18.2 Å². The Morgan fingerprint density at radius 1 is 1.27 bits per heavy atom. The van der Waals surface area contributed by atoms with E-state index in [1.807, 2.05) is 11.8 Å². The van der Waals surface area contributed by atoms with Crippen LogP contribution in [0.25, 0.3) is 0 Å². The first kappa shape index (κ1) is 19.2. The average molecular weight is 368 g/mol. The molecule has 0 radical (unpaired) electrons. The van der Waals surface area contributed by atoms with E-state index in [0.717, 1.165) is 12.5 Å². The number of hydrogen-bond acceptors (Lipinski definition) is 5. The van der Waals surface area contributed by atoms with Crippen molar-refractivity contribution in [3.8, 4) is 0 Å². The molecule has 0 spiro atoms. The predicted octanol–water partition coefficient (Wildman–Crippen LogP) is 0.615. The molecule has 0 bridgehead atoms. The number of nitrogens with zero attached hydrogens (tertiary/aromatic N) is 2. The van der Waals surface area contributed by atoms with Crippen molar-refractivity contribution in [2.24, 2.45) is 0 Å². The fourth-order valence-electron chi connectivity index (χ4n) is 3.69. The standard InChI is InChI=1S/C18H26F2N4O2/c1-12-8-17(22-21-12)18(26)24-6-5-23(14(11-24)4-7-25)10-13-2-3-15(19)16(20)9-13/h2-3,9,12,14,17,21-22,25H,4-8,10-11H2,1H3. The summed E-state index contributed by atoms with van der Waals surface area (Å²) in [5.74, 6) is -1.65. The second-order valence-electron chi connectivity index (χ2n) is 7.15. The summed E-state index contributed by atoms with van der Waals surface area (Å²) >= 11 is 0. The van der Waals surface area contributed by atoms with Gasteiger partial charge < -0.3 is 10.0 Å². The zero-order valence-corrected chi connectivity index (χ0v) is 14.9. The summed E-state index contributed by atoms with van der Waals surface area (Å²) in [5, 5.41) is 9.39. The highest BCUT2D eigenvalue weighted by Crippen LogP contribution is 2.19. The zero-order valence-electron chi connectivity index (χ0n) is 14.9. The highest BCUT2D eigenvalue weighted by molar-refractivity contribution is 5.82. The van der Waals surface area contributed by atoms with Gasteiger partial charge in [0.05, 0.1) is 0 Å². The third kappa shape index (κ3) is 4.37. The first-order chi connectivity index (χ1) is 12.5. The summed E-state index contributed by atoms with van der Waals surface area (Å²) in [4.78, 5) is 16.6. The Hall–Kier alpha value is -1.61. The van der Waals surface area contributed by atoms with E-state index in [2.05, 4.69) is 15.8 Å². The second-order valence-corrected chi connectivity index (χ2v) is 7.15. The van der Waals surface area contributed by atoms with E-state index in [1.165, 1.54) is 6.07 Å². The predicted molar refractivity (Wildman–Crippen MR) is 93.0 cm³/mol. The van der Waals surface area contributed by atoms with E-state index < -0.39 is 11.6 Å². The number of carbonyl (C=O) groups excluding carboxylic acids is 1. The highest BCUT2D eigenvalue weighted by Gasteiger charge is 2.35. The highest BCUT2D eigenvalue weighted by atomic mass is 19.2. The minimum absolute atomic E-state index is 0.0151. The maximum absolute atomic E-state index is 13.5. The van der Waals surface area contributed by atoms with Crippen LogP contribution in [0.2, 0.25) is 0 Å². The van der Waals surface area contributed by atoms with Gasteiger partial charge in [-0.15, -0.1) is 0 Å². The van der Waals surface area contributed by atoms with E-state index in [-0.39, 0.29) is 30.6 Å². The fourth-order valence-corrected chi connectivity index (χ4v) is 3.69. The molecule has 0 saturated carbocycles. The van der Waals surface area contributed by atoms with Gasteiger partial charge in [0.15, 0.2) is 11.6 Å². The summed E-state index contributed by atoms with van der Waals surface area (Å²) in [6, 6.07) is 3.92. The number of aliphatic hydroxyl groups excluding tert-OH is 1. The zero-order chi connectivity index (χ0) is 18.7. The molecule has 1 amide bonds. The number of amides is 1. The van der Waals surface area contributed by atoms with Crippen LogP contribution in [0.4, 0.5) is 8.78 Å². The molecule has 2 aliphatic heterocycles. The van der Waals surface area contributed by atoms with Crippen LogP contribution in [-0.4, -0.2) is 65.2 Å². The molecule has 6 nitrogen and oxygen atoms in total. The first-order valence-electron chi connectivity index (χ1n) is 9.06. The summed E-state index contributed by atoms with van der Waals surface area (Å²) in [6.07, 6.45) is 1.28. The molecule has 2 heterocycles. The molecule has 2 aliphatic rings. The van der Waals surface area contributed by atoms with Crippen molar-refractivity contribution in [2.75, 3.05) is 26.2 Å². The number of carbonyl (C=O) groups is 1. The van der Waals surface area contributed by atoms with Crippen LogP contribution in [0.1, 0.15) is 25.3 Å². The number of piperazine rings is 1. The van der Waals surface area contributed by atoms with Gasteiger partial charge in [-0.1, -0.05) is 6.07 Å². The topological polar surface area (TPSA) is 67.8 Å². The van der Waals surface area contributed by atoms with Gasteiger partial charge in [-0.25, -0.2) is 14.2 Å². The smallest absolute Gasteiger partial charge is 0.241 e. The Labute approximate surface area is 152 Å². The Morgan fingerprint density at radius 3 is 2.73 bits per heavy atom. The Balaban J connectivity index is 1.64. The van der Waals surface area contributed by atoms with Crippen molar-refractivity contribution in [1.29, 1.82) is 0 Å². The van der Waals surface area contributed by atoms with Gasteiger partial charge in [0.25, 0.3) is 0 Å². The molecule has 3 N–H and O–H groups in total. The second kappa shape index (κ2) is 8.39. The third-order valence-corrected chi connectivity index (χ3v) is 5.14. The number of nitrogens with one attached hydrogen (secondary N) is 2. The minimum Gasteiger partial charge on any atom is -0.396 e. The number of hydrazine groups is 1. The molecule has 3 rings (SSSR count). The van der Waals surface area contributed by atoms with Crippen LogP contribution < -0.4 is 10.9 Å². The molecular formula is C18H26F2N4O2. The molecule has 0 aliphatic carbocycles. The lowest BCUT2D eigenvalue weighted by Gasteiger charge is -2.42. The normalized spacial score (nSPS) is 27.1. The van der Waals surface area contributed by atoms with Crippen LogP contribution in [-0.2, 0) is 11.3 Å². The van der Waals surface area contributed by atoms with Gasteiger partial charge in [0.1, 0.15) is 6.04 Å². The van der Waals surface area contributed by atoms with Crippen molar-refractivity contribution in [3.05, 3.63) is 35.4 Å². The summed E-state index contributed by atoms with van der Waals surface area (Å²) in [5.41, 5.74) is 6.78. The lowest BCUT2D eigenvalue weighted by Crippen LogP contribution is -2.57. The van der Waals surface area contributed by atoms with Crippen LogP contribution in [0.5, 0.6) is 0 Å².